The maximum absolute atomic E-state index is 13.8. The number of hydrogen-bond acceptors (Lipinski definition) is 3. The van der Waals surface area contributed by atoms with Crippen molar-refractivity contribution in [1.29, 1.82) is 0 Å². The number of hydrogen-bond donors (Lipinski definition) is 0. The van der Waals surface area contributed by atoms with Crippen molar-refractivity contribution in [3.63, 3.8) is 0 Å². The number of alkyl halides is 6. The van der Waals surface area contributed by atoms with E-state index in [9.17, 15) is 31.1 Å². The molecule has 2 aromatic carbocycles. The molecule has 0 saturated carbocycles. The summed E-state index contributed by atoms with van der Waals surface area (Å²) in [5.74, 6) is -0.717. The zero-order chi connectivity index (χ0) is 28.0. The minimum absolute atomic E-state index is 0.0461. The van der Waals surface area contributed by atoms with Crippen molar-refractivity contribution in [3.8, 4) is 11.1 Å². The number of likely N-dealkylation sites (N-methyl/N-ethyl adjacent to an activating group) is 1. The average molecular weight is 535 g/mol. The lowest BCUT2D eigenvalue weighted by molar-refractivity contribution is -0.143. The Kier molecular flexibility index (Phi) is 6.75. The number of carbonyl (C=O) groups excluding carboxylic acids is 1. The van der Waals surface area contributed by atoms with Crippen LogP contribution < -0.4 is 4.90 Å². The maximum Gasteiger partial charge on any atom is 0.416 e. The number of nitrogens with zero attached hydrogens (tertiary/aromatic N) is 4. The van der Waals surface area contributed by atoms with Crippen LogP contribution in [0.5, 0.6) is 0 Å². The Morgan fingerprint density at radius 1 is 0.895 bits per heavy atom. The molecule has 200 valence electrons. The van der Waals surface area contributed by atoms with Crippen molar-refractivity contribution in [2.24, 2.45) is 0 Å². The summed E-state index contributed by atoms with van der Waals surface area (Å²) in [4.78, 5) is 19.5. The Labute approximate surface area is 214 Å². The van der Waals surface area contributed by atoms with Gasteiger partial charge in [0.1, 0.15) is 0 Å². The van der Waals surface area contributed by atoms with Crippen molar-refractivity contribution in [1.82, 2.24) is 14.8 Å². The topological polar surface area (TPSA) is 51.0 Å². The van der Waals surface area contributed by atoms with Crippen LogP contribution in [0.2, 0.25) is 0 Å². The van der Waals surface area contributed by atoms with Crippen molar-refractivity contribution in [2.75, 3.05) is 11.9 Å². The molecule has 0 aliphatic heterocycles. The van der Waals surface area contributed by atoms with Gasteiger partial charge in [-0.25, -0.2) is 9.67 Å². The van der Waals surface area contributed by atoms with E-state index in [4.69, 9.17) is 0 Å². The molecule has 0 spiro atoms. The Balaban J connectivity index is 1.87. The standard InChI is InChI=1S/C27H24F6N4O/c1-5-37-23-20(14-35-37)22(16-9-7-6-8-10-16)21(15-34-23)36(4)24(38)25(2,3)17-11-18(26(28,29)30)13-19(12-17)27(31,32)33/h6-15H,5H2,1-4H3. The fourth-order valence-corrected chi connectivity index (χ4v) is 4.38. The summed E-state index contributed by atoms with van der Waals surface area (Å²) >= 11 is 0. The van der Waals surface area contributed by atoms with Crippen LogP contribution in [0.4, 0.5) is 32.0 Å². The number of halogens is 6. The molecular weight excluding hydrogens is 510 g/mol. The van der Waals surface area contributed by atoms with Gasteiger partial charge >= 0.3 is 12.4 Å². The van der Waals surface area contributed by atoms with Gasteiger partial charge < -0.3 is 4.90 Å². The van der Waals surface area contributed by atoms with Gasteiger partial charge in [-0.05, 0) is 50.1 Å². The molecule has 0 aliphatic carbocycles. The number of rotatable bonds is 5. The van der Waals surface area contributed by atoms with Gasteiger partial charge in [-0.2, -0.15) is 31.4 Å². The molecule has 1 amide bonds. The molecule has 4 aromatic rings. The lowest BCUT2D eigenvalue weighted by atomic mass is 9.81. The summed E-state index contributed by atoms with van der Waals surface area (Å²) < 4.78 is 82.6. The van der Waals surface area contributed by atoms with Crippen LogP contribution in [0.3, 0.4) is 0 Å². The molecule has 2 heterocycles. The van der Waals surface area contributed by atoms with Gasteiger partial charge in [0.05, 0.1) is 34.6 Å². The summed E-state index contributed by atoms with van der Waals surface area (Å²) in [7, 11) is 1.42. The zero-order valence-electron chi connectivity index (χ0n) is 20.9. The van der Waals surface area contributed by atoms with Crippen molar-refractivity contribution < 1.29 is 31.1 Å². The summed E-state index contributed by atoms with van der Waals surface area (Å²) in [5.41, 5.74) is -2.87. The molecule has 0 saturated heterocycles. The fourth-order valence-electron chi connectivity index (χ4n) is 4.38. The van der Waals surface area contributed by atoms with E-state index in [0.29, 0.717) is 41.0 Å². The summed E-state index contributed by atoms with van der Waals surface area (Å²) in [5, 5.41) is 4.99. The first kappa shape index (κ1) is 27.2. The minimum atomic E-state index is -5.03. The number of anilines is 1. The highest BCUT2D eigenvalue weighted by molar-refractivity contribution is 6.07. The highest BCUT2D eigenvalue weighted by Crippen LogP contribution is 2.41. The molecule has 38 heavy (non-hydrogen) atoms. The van der Waals surface area contributed by atoms with Gasteiger partial charge in [-0.15, -0.1) is 0 Å². The van der Waals surface area contributed by atoms with E-state index in [1.54, 1.807) is 10.9 Å². The smallest absolute Gasteiger partial charge is 0.313 e. The molecule has 0 unspecified atom stereocenters. The molecule has 0 N–H and O–H groups in total. The molecule has 0 atom stereocenters. The molecule has 0 fully saturated rings. The molecule has 11 heteroatoms. The highest BCUT2D eigenvalue weighted by atomic mass is 19.4. The monoisotopic (exact) mass is 534 g/mol. The predicted octanol–water partition coefficient (Wildman–Crippen LogP) is 7.10. The van der Waals surface area contributed by atoms with Crippen LogP contribution in [-0.4, -0.2) is 27.7 Å². The number of benzene rings is 2. The largest absolute Gasteiger partial charge is 0.416 e. The Morgan fingerprint density at radius 3 is 1.97 bits per heavy atom. The lowest BCUT2D eigenvalue weighted by Gasteiger charge is -2.32. The first-order valence-electron chi connectivity index (χ1n) is 11.6. The van der Waals surface area contributed by atoms with Gasteiger partial charge in [0.15, 0.2) is 5.65 Å². The Morgan fingerprint density at radius 2 is 1.45 bits per heavy atom. The normalized spacial score (nSPS) is 12.7. The van der Waals surface area contributed by atoms with Crippen LogP contribution in [0.15, 0.2) is 60.9 Å². The Bertz CT molecular complexity index is 1460. The number of amides is 1. The van der Waals surface area contributed by atoms with E-state index in [0.717, 1.165) is 5.56 Å². The number of aromatic nitrogens is 3. The van der Waals surface area contributed by atoms with Gasteiger partial charge in [-0.3, -0.25) is 4.79 Å². The van der Waals surface area contributed by atoms with Crippen molar-refractivity contribution in [3.05, 3.63) is 77.6 Å². The molecule has 0 radical (unpaired) electrons. The van der Waals surface area contributed by atoms with Gasteiger partial charge in [0, 0.05) is 24.5 Å². The molecule has 0 aliphatic rings. The van der Waals surface area contributed by atoms with E-state index < -0.39 is 40.4 Å². The third-order valence-corrected chi connectivity index (χ3v) is 6.52. The molecule has 2 aromatic heterocycles. The van der Waals surface area contributed by atoms with E-state index in [1.165, 1.54) is 32.0 Å². The number of fused-ring (bicyclic) bond motifs is 1. The third kappa shape index (κ3) is 4.84. The van der Waals surface area contributed by atoms with Crippen molar-refractivity contribution >= 4 is 22.6 Å². The molecule has 0 bridgehead atoms. The molecule has 5 nitrogen and oxygen atoms in total. The minimum Gasteiger partial charge on any atom is -0.313 e. The van der Waals surface area contributed by atoms with Gasteiger partial charge in [-0.1, -0.05) is 30.3 Å². The van der Waals surface area contributed by atoms with Crippen LogP contribution in [0, 0.1) is 0 Å². The fraction of sp³-hybridized carbons (Fsp3) is 0.296. The van der Waals surface area contributed by atoms with E-state index in [1.807, 2.05) is 37.3 Å². The van der Waals surface area contributed by atoms with Gasteiger partial charge in [0.25, 0.3) is 0 Å². The Hall–Kier alpha value is -3.89. The second kappa shape index (κ2) is 9.45. The van der Waals surface area contributed by atoms with Crippen LogP contribution >= 0.6 is 0 Å². The second-order valence-electron chi connectivity index (χ2n) is 9.37. The van der Waals surface area contributed by atoms with E-state index >= 15 is 0 Å². The number of pyridine rings is 1. The SMILES string of the molecule is CCn1ncc2c(-c3ccccc3)c(N(C)C(=O)C(C)(C)c3cc(C(F)(F)F)cc(C(F)(F)F)c3)cnc21. The number of aryl methyl sites for hydroxylation is 1. The van der Waals surface area contributed by atoms with Crippen molar-refractivity contribution in [2.45, 2.75) is 45.1 Å². The zero-order valence-corrected chi connectivity index (χ0v) is 20.9. The first-order chi connectivity index (χ1) is 17.7. The van der Waals surface area contributed by atoms with Crippen LogP contribution in [0.25, 0.3) is 22.2 Å². The van der Waals surface area contributed by atoms with Crippen LogP contribution in [0.1, 0.15) is 37.5 Å². The number of carbonyl (C=O) groups is 1. The highest BCUT2D eigenvalue weighted by Gasteiger charge is 2.41. The maximum atomic E-state index is 13.8. The quantitative estimate of drug-likeness (QED) is 0.257. The average Bonchev–Trinajstić information content (AvgIpc) is 3.29. The molecule has 4 rings (SSSR count). The predicted molar refractivity (Wildman–Crippen MR) is 132 cm³/mol. The summed E-state index contributed by atoms with van der Waals surface area (Å²) in [6, 6.07) is 10.3. The second-order valence-corrected chi connectivity index (χ2v) is 9.37. The van der Waals surface area contributed by atoms with Crippen LogP contribution in [-0.2, 0) is 29.1 Å². The lowest BCUT2D eigenvalue weighted by Crippen LogP contribution is -2.42. The first-order valence-corrected chi connectivity index (χ1v) is 11.6. The van der Waals surface area contributed by atoms with E-state index in [-0.39, 0.29) is 6.07 Å². The molecular formula is C27H24F6N4O. The van der Waals surface area contributed by atoms with Gasteiger partial charge in [0.2, 0.25) is 5.91 Å². The third-order valence-electron chi connectivity index (χ3n) is 6.52. The summed E-state index contributed by atoms with van der Waals surface area (Å²) in [6.07, 6.45) is -6.99. The van der Waals surface area contributed by atoms with E-state index in [2.05, 4.69) is 10.1 Å². The summed E-state index contributed by atoms with van der Waals surface area (Å²) in [6.45, 7) is 5.03.